The number of hydrogen-bond acceptors (Lipinski definition) is 14. The van der Waals surface area contributed by atoms with Gasteiger partial charge in [-0.25, -0.2) is 16.8 Å². The molecule has 14 nitrogen and oxygen atoms in total. The van der Waals surface area contributed by atoms with Crippen molar-refractivity contribution in [1.29, 1.82) is 0 Å². The van der Waals surface area contributed by atoms with E-state index in [1.54, 1.807) is 0 Å². The molecule has 0 radical (unpaired) electrons. The van der Waals surface area contributed by atoms with Gasteiger partial charge in [-0.2, -0.15) is 0 Å². The molecule has 0 saturated heterocycles. The molecule has 0 amide bonds. The SMILES string of the molecule is NCCNc1ccc(NC2=C(Cl)C(=O)C(Nc3ccc(NCCN)c(S(=O)(=O)[O-])c3)=C(Cl)C2=O)cc1S(=O)(=O)[O-].[Na+].[Na+]. The number of ketones is 2. The van der Waals surface area contributed by atoms with Gasteiger partial charge in [0.2, 0.25) is 11.6 Å². The normalized spacial score (nSPS) is 13.8. The molecule has 0 bridgehead atoms. The van der Waals surface area contributed by atoms with Crippen molar-refractivity contribution in [2.45, 2.75) is 9.79 Å². The Balaban J connectivity index is 0.00000441. The monoisotopic (exact) mass is 678 g/mol. The predicted octanol–water partition coefficient (Wildman–Crippen LogP) is -5.18. The van der Waals surface area contributed by atoms with Gasteiger partial charge >= 0.3 is 59.1 Å². The summed E-state index contributed by atoms with van der Waals surface area (Å²) in [6.45, 7) is 0.652. The second-order valence-electron chi connectivity index (χ2n) is 8.05. The largest absolute Gasteiger partial charge is 1.00 e. The van der Waals surface area contributed by atoms with Crippen LogP contribution in [0, 0.1) is 0 Å². The van der Waals surface area contributed by atoms with Crippen LogP contribution in [0.2, 0.25) is 0 Å². The van der Waals surface area contributed by atoms with Crippen molar-refractivity contribution >= 4 is 77.8 Å². The van der Waals surface area contributed by atoms with Crippen molar-refractivity contribution in [3.05, 3.63) is 57.9 Å². The number of allylic oxidation sites excluding steroid dienone is 2. The molecule has 42 heavy (non-hydrogen) atoms. The number of anilines is 4. The van der Waals surface area contributed by atoms with Gasteiger partial charge in [0.15, 0.2) is 0 Å². The van der Waals surface area contributed by atoms with E-state index in [-0.39, 0.29) is 108 Å². The zero-order valence-electron chi connectivity index (χ0n) is 22.3. The molecule has 0 spiro atoms. The topological polar surface area (TPSA) is 249 Å². The Hall–Kier alpha value is -1.22. The summed E-state index contributed by atoms with van der Waals surface area (Å²) in [4.78, 5) is 24.7. The zero-order valence-corrected chi connectivity index (χ0v) is 29.4. The van der Waals surface area contributed by atoms with Gasteiger partial charge in [-0.3, -0.25) is 9.59 Å². The molecule has 0 fully saturated rings. The summed E-state index contributed by atoms with van der Waals surface area (Å²) >= 11 is 12.3. The summed E-state index contributed by atoms with van der Waals surface area (Å²) in [5, 5.41) is 9.12. The van der Waals surface area contributed by atoms with E-state index in [0.29, 0.717) is 0 Å². The number of nitrogens with two attached hydrogens (primary N) is 2. The quantitative estimate of drug-likeness (QED) is 0.0698. The summed E-state index contributed by atoms with van der Waals surface area (Å²) in [7, 11) is -9.91. The van der Waals surface area contributed by atoms with Crippen LogP contribution >= 0.6 is 23.2 Å². The van der Waals surface area contributed by atoms with Crippen LogP contribution in [0.3, 0.4) is 0 Å². The number of benzene rings is 2. The number of nitrogens with one attached hydrogen (secondary N) is 4. The first-order chi connectivity index (χ1) is 18.7. The number of rotatable bonds is 12. The second kappa shape index (κ2) is 16.2. The fraction of sp³-hybridized carbons (Fsp3) is 0.182. The third-order valence-corrected chi connectivity index (χ3v) is 7.73. The van der Waals surface area contributed by atoms with Gasteiger partial charge < -0.3 is 41.8 Å². The van der Waals surface area contributed by atoms with Crippen LogP contribution in [0.1, 0.15) is 0 Å². The molecule has 3 rings (SSSR count). The average Bonchev–Trinajstić information content (AvgIpc) is 2.89. The predicted molar refractivity (Wildman–Crippen MR) is 147 cm³/mol. The van der Waals surface area contributed by atoms with E-state index in [2.05, 4.69) is 21.3 Å². The Morgan fingerprint density at radius 2 is 1.00 bits per heavy atom. The standard InChI is InChI=1S/C22H24Cl2N6O8S2.2Na/c23-17-19(29-11-1-3-13(27-7-5-25)15(9-11)39(33,34)35)21(31)18(24)20(22(17)32)30-12-2-4-14(28-8-6-26)16(10-12)40(36,37)38;;/h1-4,9-10,27-30H,5-8,25-26H2,(H,33,34,35)(H,36,37,38);;/q;2*+1/p-2. The number of carbonyl (C=O) groups is 2. The Kier molecular flexibility index (Phi) is 15.0. The molecule has 2 aromatic rings. The molecule has 0 aliphatic heterocycles. The first-order valence-electron chi connectivity index (χ1n) is 11.2. The molecule has 216 valence electrons. The molecule has 1 aliphatic carbocycles. The summed E-state index contributed by atoms with van der Waals surface area (Å²) in [6, 6.07) is 7.02. The number of Topliss-reactive ketones (excluding diaryl/α,β-unsaturated/α-hetero) is 2. The number of halogens is 2. The van der Waals surface area contributed by atoms with Crippen LogP contribution < -0.4 is 91.8 Å². The first-order valence-corrected chi connectivity index (χ1v) is 14.8. The minimum absolute atomic E-state index is 0. The Labute approximate surface area is 296 Å². The number of hydrogen-bond donors (Lipinski definition) is 6. The maximum atomic E-state index is 13.0. The maximum absolute atomic E-state index is 13.0. The van der Waals surface area contributed by atoms with E-state index in [9.17, 15) is 35.5 Å². The van der Waals surface area contributed by atoms with Crippen LogP contribution in [0.15, 0.2) is 67.6 Å². The molecular weight excluding hydrogens is 657 g/mol. The van der Waals surface area contributed by atoms with Crippen molar-refractivity contribution in [2.24, 2.45) is 11.5 Å². The van der Waals surface area contributed by atoms with Crippen molar-refractivity contribution < 1.29 is 94.6 Å². The summed E-state index contributed by atoms with van der Waals surface area (Å²) in [5.41, 5.74) is 9.57. The fourth-order valence-corrected chi connectivity index (χ4v) is 5.29. The molecule has 20 heteroatoms. The molecule has 8 N–H and O–H groups in total. The summed E-state index contributed by atoms with van der Waals surface area (Å²) in [5.74, 6) is -1.97. The van der Waals surface area contributed by atoms with E-state index in [1.807, 2.05) is 0 Å². The minimum atomic E-state index is -4.96. The Bertz CT molecular complexity index is 1530. The fourth-order valence-electron chi connectivity index (χ4n) is 3.48. The van der Waals surface area contributed by atoms with Crippen LogP contribution in [-0.4, -0.2) is 63.7 Å². The average molecular weight is 679 g/mol. The van der Waals surface area contributed by atoms with E-state index in [4.69, 9.17) is 34.7 Å². The zero-order chi connectivity index (χ0) is 29.8. The van der Waals surface area contributed by atoms with Crippen molar-refractivity contribution in [3.63, 3.8) is 0 Å². The third kappa shape index (κ3) is 9.39. The van der Waals surface area contributed by atoms with Crippen molar-refractivity contribution in [2.75, 3.05) is 47.4 Å². The van der Waals surface area contributed by atoms with Gasteiger partial charge in [-0.1, -0.05) is 23.2 Å². The molecule has 1 aliphatic rings. The minimum Gasteiger partial charge on any atom is -0.744 e. The molecule has 2 aromatic carbocycles. The van der Waals surface area contributed by atoms with Crippen molar-refractivity contribution in [3.8, 4) is 0 Å². The van der Waals surface area contributed by atoms with Crippen LogP contribution in [0.5, 0.6) is 0 Å². The van der Waals surface area contributed by atoms with Gasteiger partial charge in [0.1, 0.15) is 41.7 Å². The molecule has 0 unspecified atom stereocenters. The summed E-state index contributed by atoms with van der Waals surface area (Å²) in [6.07, 6.45) is 0. The smallest absolute Gasteiger partial charge is 0.744 e. The van der Waals surface area contributed by atoms with Gasteiger partial charge in [0.05, 0.1) is 21.2 Å². The third-order valence-electron chi connectivity index (χ3n) is 5.25. The van der Waals surface area contributed by atoms with Gasteiger partial charge in [-0.15, -0.1) is 0 Å². The Morgan fingerprint density at radius 1 is 0.667 bits per heavy atom. The van der Waals surface area contributed by atoms with E-state index >= 15 is 0 Å². The molecular formula is C22H22Cl2N6Na2O8S2. The van der Waals surface area contributed by atoms with Crippen LogP contribution in [0.4, 0.5) is 22.7 Å². The van der Waals surface area contributed by atoms with E-state index in [1.165, 1.54) is 24.3 Å². The molecule has 0 aromatic heterocycles. The van der Waals surface area contributed by atoms with E-state index < -0.39 is 63.1 Å². The molecule has 0 atom stereocenters. The Morgan fingerprint density at radius 3 is 1.29 bits per heavy atom. The van der Waals surface area contributed by atoms with Crippen LogP contribution in [0.25, 0.3) is 0 Å². The van der Waals surface area contributed by atoms with E-state index in [0.717, 1.165) is 12.1 Å². The summed E-state index contributed by atoms with van der Waals surface area (Å²) < 4.78 is 70.5. The van der Waals surface area contributed by atoms with Crippen molar-refractivity contribution in [1.82, 2.24) is 0 Å². The van der Waals surface area contributed by atoms with Gasteiger partial charge in [-0.05, 0) is 36.4 Å². The maximum Gasteiger partial charge on any atom is 1.00 e. The second-order valence-corrected chi connectivity index (χ2v) is 11.5. The van der Waals surface area contributed by atoms with Crippen LogP contribution in [-0.2, 0) is 29.8 Å². The molecule has 0 saturated carbocycles. The first kappa shape index (κ1) is 38.8. The van der Waals surface area contributed by atoms with Gasteiger partial charge in [0, 0.05) is 37.6 Å². The number of carbonyl (C=O) groups excluding carboxylic acids is 2. The molecule has 0 heterocycles. The van der Waals surface area contributed by atoms with Gasteiger partial charge in [0.25, 0.3) is 0 Å².